The van der Waals surface area contributed by atoms with Gasteiger partial charge in [-0.05, 0) is 71.3 Å². The second-order valence-electron chi connectivity index (χ2n) is 15.5. The van der Waals surface area contributed by atoms with E-state index in [1.165, 1.54) is 21.8 Å². The molecule has 8 aromatic carbocycles. The number of hydrogen-bond acceptors (Lipinski definition) is 4. The standard InChI is InChI=1S/C57H39N5/c58-55(54(40-21-8-3-9-22-40)56-46-26-11-10-23-42(46)36-49(59-56)38-17-4-1-5-18-38)44-25-16-24-43(35-44)51-37-50(39-19-6-2-7-20-39)60-57(61-51)41-31-33-45(34-32-41)62-52-29-14-12-27-47(52)48-28-13-15-30-53(48)62/h1-37,58-59H/b56-54-,58-55?. The van der Waals surface area contributed by atoms with Crippen molar-refractivity contribution in [2.24, 2.45) is 0 Å². The Morgan fingerprint density at radius 2 is 1.00 bits per heavy atom. The summed E-state index contributed by atoms with van der Waals surface area (Å²) in [5.41, 5.74) is 15.9. The molecule has 292 valence electrons. The number of allylic oxidation sites excluding steroid dienone is 1. The average molecular weight is 794 g/mol. The van der Waals surface area contributed by atoms with Gasteiger partial charge in [0.05, 0.1) is 33.8 Å². The molecular weight excluding hydrogens is 755 g/mol. The van der Waals surface area contributed by atoms with Crippen LogP contribution in [-0.4, -0.2) is 20.2 Å². The van der Waals surface area contributed by atoms with Crippen molar-refractivity contribution >= 4 is 50.6 Å². The first-order valence-electron chi connectivity index (χ1n) is 20.8. The van der Waals surface area contributed by atoms with Gasteiger partial charge in [0.15, 0.2) is 5.82 Å². The summed E-state index contributed by atoms with van der Waals surface area (Å²) in [7, 11) is 0. The molecule has 2 aromatic heterocycles. The molecule has 0 radical (unpaired) electrons. The second-order valence-corrected chi connectivity index (χ2v) is 15.5. The van der Waals surface area contributed by atoms with Gasteiger partial charge in [-0.25, -0.2) is 9.97 Å². The molecule has 0 unspecified atom stereocenters. The number of nitrogens with one attached hydrogen (secondary N) is 2. The number of nitrogens with zero attached hydrogens (tertiary/aromatic N) is 3. The third-order valence-electron chi connectivity index (χ3n) is 11.6. The second kappa shape index (κ2) is 15.6. The lowest BCUT2D eigenvalue weighted by Gasteiger charge is -2.26. The minimum Gasteiger partial charge on any atom is -0.354 e. The third-order valence-corrected chi connectivity index (χ3v) is 11.6. The summed E-state index contributed by atoms with van der Waals surface area (Å²) in [6, 6.07) is 75.2. The number of hydrogen-bond donors (Lipinski definition) is 2. The van der Waals surface area contributed by atoms with Crippen LogP contribution in [-0.2, 0) is 0 Å². The predicted octanol–water partition coefficient (Wildman–Crippen LogP) is 13.6. The van der Waals surface area contributed by atoms with Crippen molar-refractivity contribution in [3.05, 3.63) is 246 Å². The highest BCUT2D eigenvalue weighted by molar-refractivity contribution is 6.36. The van der Waals surface area contributed by atoms with Crippen molar-refractivity contribution in [1.29, 1.82) is 5.41 Å². The van der Waals surface area contributed by atoms with Gasteiger partial charge < -0.3 is 9.88 Å². The first-order chi connectivity index (χ1) is 30.7. The summed E-state index contributed by atoms with van der Waals surface area (Å²) < 4.78 is 2.32. The molecule has 0 atom stereocenters. The molecule has 2 N–H and O–H groups in total. The van der Waals surface area contributed by atoms with E-state index in [0.29, 0.717) is 11.5 Å². The summed E-state index contributed by atoms with van der Waals surface area (Å²) in [5.74, 6) is 0.630. The van der Waals surface area contributed by atoms with Crippen LogP contribution < -0.4 is 5.32 Å². The van der Waals surface area contributed by atoms with Crippen molar-refractivity contribution < 1.29 is 0 Å². The highest BCUT2D eigenvalue weighted by atomic mass is 15.0. The van der Waals surface area contributed by atoms with E-state index >= 15 is 0 Å². The molecule has 0 fully saturated rings. The van der Waals surface area contributed by atoms with E-state index in [0.717, 1.165) is 78.6 Å². The summed E-state index contributed by atoms with van der Waals surface area (Å²) in [6.07, 6.45) is 2.19. The van der Waals surface area contributed by atoms with E-state index in [1.54, 1.807) is 0 Å². The minimum atomic E-state index is 0.405. The molecule has 0 saturated heterocycles. The van der Waals surface area contributed by atoms with Crippen molar-refractivity contribution in [2.45, 2.75) is 0 Å². The van der Waals surface area contributed by atoms with Crippen LogP contribution >= 0.6 is 0 Å². The van der Waals surface area contributed by atoms with Crippen molar-refractivity contribution in [2.75, 3.05) is 0 Å². The molecule has 0 spiro atoms. The van der Waals surface area contributed by atoms with Crippen LogP contribution in [0.15, 0.2) is 218 Å². The van der Waals surface area contributed by atoms with Crippen LogP contribution in [0.5, 0.6) is 0 Å². The molecule has 0 saturated carbocycles. The van der Waals surface area contributed by atoms with Gasteiger partial charge in [-0.1, -0.05) is 170 Å². The van der Waals surface area contributed by atoms with Crippen molar-refractivity contribution in [1.82, 2.24) is 19.9 Å². The number of fused-ring (bicyclic) bond motifs is 4. The van der Waals surface area contributed by atoms with Crippen molar-refractivity contribution in [3.63, 3.8) is 0 Å². The fraction of sp³-hybridized carbons (Fsp3) is 0. The predicted molar refractivity (Wildman–Crippen MR) is 257 cm³/mol. The summed E-state index contributed by atoms with van der Waals surface area (Å²) in [4.78, 5) is 10.4. The molecule has 62 heavy (non-hydrogen) atoms. The molecule has 11 rings (SSSR count). The fourth-order valence-corrected chi connectivity index (χ4v) is 8.65. The molecule has 3 heterocycles. The molecule has 0 bridgehead atoms. The summed E-state index contributed by atoms with van der Waals surface area (Å²) >= 11 is 0. The first-order valence-corrected chi connectivity index (χ1v) is 20.8. The monoisotopic (exact) mass is 793 g/mol. The van der Waals surface area contributed by atoms with E-state index in [1.807, 2.05) is 54.6 Å². The quantitative estimate of drug-likeness (QED) is 0.151. The minimum absolute atomic E-state index is 0.405. The zero-order chi connectivity index (χ0) is 41.4. The number of aromatic nitrogens is 3. The average Bonchev–Trinajstić information content (AvgIpc) is 3.69. The maximum Gasteiger partial charge on any atom is 0.160 e. The topological polar surface area (TPSA) is 66.6 Å². The van der Waals surface area contributed by atoms with Gasteiger partial charge in [0.1, 0.15) is 0 Å². The van der Waals surface area contributed by atoms with Gasteiger partial charge in [0.2, 0.25) is 0 Å². The summed E-state index contributed by atoms with van der Waals surface area (Å²) in [6.45, 7) is 0. The van der Waals surface area contributed by atoms with Gasteiger partial charge in [-0.2, -0.15) is 0 Å². The number of rotatable bonds is 8. The molecule has 5 heteroatoms. The lowest BCUT2D eigenvalue weighted by molar-refractivity contribution is 1.16. The smallest absolute Gasteiger partial charge is 0.160 e. The highest BCUT2D eigenvalue weighted by Crippen LogP contribution is 2.38. The van der Waals surface area contributed by atoms with Crippen LogP contribution in [0.3, 0.4) is 0 Å². The zero-order valence-corrected chi connectivity index (χ0v) is 33.7. The van der Waals surface area contributed by atoms with Gasteiger partial charge in [0, 0.05) is 55.5 Å². The normalized spacial score (nSPS) is 13.0. The van der Waals surface area contributed by atoms with Gasteiger partial charge in [0.25, 0.3) is 0 Å². The SMILES string of the molecule is N=C(/C(=C1\NC(c2ccccc2)=Cc2ccccc21)c1ccccc1)c1cccc(-c2cc(-c3ccccc3)nc(-c3ccc(-n4c5ccccc5c5ccccc54)cc3)n2)c1. The Balaban J connectivity index is 1.02. The lowest BCUT2D eigenvalue weighted by atomic mass is 9.87. The Hall–Kier alpha value is -8.41. The van der Waals surface area contributed by atoms with E-state index in [-0.39, 0.29) is 0 Å². The fourth-order valence-electron chi connectivity index (χ4n) is 8.65. The van der Waals surface area contributed by atoms with E-state index < -0.39 is 0 Å². The highest BCUT2D eigenvalue weighted by Gasteiger charge is 2.24. The van der Waals surface area contributed by atoms with Crippen molar-refractivity contribution in [3.8, 4) is 39.6 Å². The van der Waals surface area contributed by atoms with Crippen LogP contribution in [0.4, 0.5) is 0 Å². The first kappa shape index (κ1) is 36.7. The molecule has 0 aliphatic carbocycles. The summed E-state index contributed by atoms with van der Waals surface area (Å²) in [5, 5.41) is 16.3. The molecule has 1 aliphatic heterocycles. The molecule has 0 amide bonds. The molecule has 10 aromatic rings. The van der Waals surface area contributed by atoms with Gasteiger partial charge in [-0.3, -0.25) is 5.41 Å². The molecule has 1 aliphatic rings. The number of benzene rings is 8. The molecular formula is C57H39N5. The van der Waals surface area contributed by atoms with Gasteiger partial charge >= 0.3 is 0 Å². The van der Waals surface area contributed by atoms with Crippen LogP contribution in [0.25, 0.3) is 84.4 Å². The Bertz CT molecular complexity index is 3310. The van der Waals surface area contributed by atoms with Crippen LogP contribution in [0, 0.1) is 5.41 Å². The maximum atomic E-state index is 10.0. The number of para-hydroxylation sites is 2. The molecule has 5 nitrogen and oxygen atoms in total. The maximum absolute atomic E-state index is 10.0. The third kappa shape index (κ3) is 6.68. The van der Waals surface area contributed by atoms with E-state index in [9.17, 15) is 5.41 Å². The van der Waals surface area contributed by atoms with Crippen LogP contribution in [0.1, 0.15) is 27.8 Å². The van der Waals surface area contributed by atoms with Gasteiger partial charge in [-0.15, -0.1) is 0 Å². The zero-order valence-electron chi connectivity index (χ0n) is 33.7. The lowest BCUT2D eigenvalue weighted by Crippen LogP contribution is -2.20. The van der Waals surface area contributed by atoms with Crippen LogP contribution in [0.2, 0.25) is 0 Å². The Kier molecular flexibility index (Phi) is 9.25. The Morgan fingerprint density at radius 3 is 1.69 bits per heavy atom. The Labute approximate surface area is 360 Å². The van der Waals surface area contributed by atoms with E-state index in [2.05, 4.69) is 180 Å². The Morgan fingerprint density at radius 1 is 0.452 bits per heavy atom. The van der Waals surface area contributed by atoms with E-state index in [4.69, 9.17) is 9.97 Å². The largest absolute Gasteiger partial charge is 0.354 e.